The smallest absolute Gasteiger partial charge is 0.0406 e. The van der Waals surface area contributed by atoms with Gasteiger partial charge in [-0.2, -0.15) is 0 Å². The Morgan fingerprint density at radius 1 is 1.54 bits per heavy atom. The molecule has 0 aliphatic heterocycles. The van der Waals surface area contributed by atoms with Crippen LogP contribution in [0, 0.1) is 13.8 Å². The molecule has 0 aliphatic rings. The van der Waals surface area contributed by atoms with Crippen LogP contribution in [0.4, 0.5) is 5.69 Å². The summed E-state index contributed by atoms with van der Waals surface area (Å²) in [7, 11) is 0. The summed E-state index contributed by atoms with van der Waals surface area (Å²) in [5.74, 6) is 0. The van der Waals surface area contributed by atoms with Crippen molar-refractivity contribution in [2.75, 3.05) is 11.9 Å². The maximum atomic E-state index is 5.53. The van der Waals surface area contributed by atoms with Gasteiger partial charge in [0.05, 0.1) is 0 Å². The van der Waals surface area contributed by atoms with Gasteiger partial charge in [-0.25, -0.2) is 0 Å². The Morgan fingerprint density at radius 2 is 2.23 bits per heavy atom. The molecule has 1 aromatic heterocycles. The van der Waals surface area contributed by atoms with Crippen LogP contribution in [0.15, 0.2) is 12.3 Å². The Morgan fingerprint density at radius 3 is 2.85 bits per heavy atom. The predicted molar refractivity (Wildman–Crippen MR) is 55.9 cm³/mol. The van der Waals surface area contributed by atoms with Gasteiger partial charge >= 0.3 is 0 Å². The molecule has 13 heavy (non-hydrogen) atoms. The van der Waals surface area contributed by atoms with E-state index in [4.69, 9.17) is 5.73 Å². The summed E-state index contributed by atoms with van der Waals surface area (Å²) >= 11 is 0. The second-order valence-corrected chi connectivity index (χ2v) is 3.42. The minimum Gasteiger partial charge on any atom is -0.381 e. The molecule has 0 aliphatic carbocycles. The first-order valence-corrected chi connectivity index (χ1v) is 4.53. The third-order valence-electron chi connectivity index (χ3n) is 2.00. The number of anilines is 1. The van der Waals surface area contributed by atoms with Crippen molar-refractivity contribution in [1.29, 1.82) is 0 Å². The van der Waals surface area contributed by atoms with Crippen molar-refractivity contribution in [3.8, 4) is 0 Å². The number of hydrogen-bond acceptors (Lipinski definition) is 3. The highest BCUT2D eigenvalue weighted by Crippen LogP contribution is 2.14. The normalized spacial score (nSPS) is 12.6. The standard InChI is InChI=1S/C10H17N3/c1-7-6-12-8(2)4-10(7)13-9(3)5-11/h4,6,9H,5,11H2,1-3H3,(H,12,13). The van der Waals surface area contributed by atoms with E-state index in [0.29, 0.717) is 12.6 Å². The van der Waals surface area contributed by atoms with Crippen molar-refractivity contribution < 1.29 is 0 Å². The average Bonchev–Trinajstić information content (AvgIpc) is 2.11. The zero-order valence-electron chi connectivity index (χ0n) is 8.46. The van der Waals surface area contributed by atoms with E-state index in [1.165, 1.54) is 0 Å². The molecular weight excluding hydrogens is 162 g/mol. The first-order chi connectivity index (χ1) is 6.13. The van der Waals surface area contributed by atoms with Gasteiger partial charge in [-0.3, -0.25) is 4.98 Å². The van der Waals surface area contributed by atoms with Crippen LogP contribution in [0.3, 0.4) is 0 Å². The van der Waals surface area contributed by atoms with Crippen molar-refractivity contribution in [2.45, 2.75) is 26.8 Å². The number of hydrogen-bond donors (Lipinski definition) is 2. The Bertz CT molecular complexity index is 283. The number of aromatic nitrogens is 1. The van der Waals surface area contributed by atoms with Crippen molar-refractivity contribution in [1.82, 2.24) is 4.98 Å². The second kappa shape index (κ2) is 4.23. The molecule has 0 saturated carbocycles. The van der Waals surface area contributed by atoms with Crippen LogP contribution in [-0.4, -0.2) is 17.6 Å². The first kappa shape index (κ1) is 9.99. The Balaban J connectivity index is 2.81. The Labute approximate surface area is 79.4 Å². The van der Waals surface area contributed by atoms with Crippen LogP contribution in [0.2, 0.25) is 0 Å². The van der Waals surface area contributed by atoms with E-state index in [0.717, 1.165) is 16.9 Å². The summed E-state index contributed by atoms with van der Waals surface area (Å²) in [5.41, 5.74) is 8.84. The van der Waals surface area contributed by atoms with Crippen LogP contribution in [0.25, 0.3) is 0 Å². The van der Waals surface area contributed by atoms with Crippen molar-refractivity contribution >= 4 is 5.69 Å². The summed E-state index contributed by atoms with van der Waals surface area (Å²) < 4.78 is 0. The summed E-state index contributed by atoms with van der Waals surface area (Å²) in [6.07, 6.45) is 1.88. The van der Waals surface area contributed by atoms with E-state index in [1.807, 2.05) is 26.1 Å². The Hall–Kier alpha value is -1.09. The summed E-state index contributed by atoms with van der Waals surface area (Å²) in [6, 6.07) is 2.35. The molecule has 3 heteroatoms. The fraction of sp³-hybridized carbons (Fsp3) is 0.500. The van der Waals surface area contributed by atoms with E-state index in [9.17, 15) is 0 Å². The van der Waals surface area contributed by atoms with Crippen LogP contribution < -0.4 is 11.1 Å². The molecule has 1 rings (SSSR count). The zero-order valence-corrected chi connectivity index (χ0v) is 8.46. The number of nitrogens with one attached hydrogen (secondary N) is 1. The minimum absolute atomic E-state index is 0.306. The van der Waals surface area contributed by atoms with Gasteiger partial charge in [-0.1, -0.05) is 0 Å². The van der Waals surface area contributed by atoms with Gasteiger partial charge < -0.3 is 11.1 Å². The molecule has 0 aromatic carbocycles. The average molecular weight is 179 g/mol. The van der Waals surface area contributed by atoms with Crippen molar-refractivity contribution in [2.24, 2.45) is 5.73 Å². The quantitative estimate of drug-likeness (QED) is 0.738. The van der Waals surface area contributed by atoms with Gasteiger partial charge in [0, 0.05) is 30.2 Å². The monoisotopic (exact) mass is 179 g/mol. The number of pyridine rings is 1. The van der Waals surface area contributed by atoms with Gasteiger partial charge in [-0.15, -0.1) is 0 Å². The predicted octanol–water partition coefficient (Wildman–Crippen LogP) is 1.46. The molecule has 3 N–H and O–H groups in total. The van der Waals surface area contributed by atoms with Gasteiger partial charge in [-0.05, 0) is 32.4 Å². The summed E-state index contributed by atoms with van der Waals surface area (Å²) in [6.45, 7) is 6.73. The van der Waals surface area contributed by atoms with E-state index >= 15 is 0 Å². The van der Waals surface area contributed by atoms with Gasteiger partial charge in [0.2, 0.25) is 0 Å². The second-order valence-electron chi connectivity index (χ2n) is 3.42. The van der Waals surface area contributed by atoms with E-state index < -0.39 is 0 Å². The van der Waals surface area contributed by atoms with Crippen LogP contribution in [0.5, 0.6) is 0 Å². The van der Waals surface area contributed by atoms with Crippen molar-refractivity contribution in [3.05, 3.63) is 23.5 Å². The number of aryl methyl sites for hydroxylation is 2. The molecule has 0 saturated heterocycles. The minimum atomic E-state index is 0.306. The lowest BCUT2D eigenvalue weighted by Crippen LogP contribution is -2.25. The third-order valence-corrected chi connectivity index (χ3v) is 2.00. The maximum absolute atomic E-state index is 5.53. The van der Waals surface area contributed by atoms with Crippen LogP contribution in [0.1, 0.15) is 18.2 Å². The summed E-state index contributed by atoms with van der Waals surface area (Å²) in [5, 5.41) is 3.34. The molecule has 1 unspecified atom stereocenters. The number of nitrogens with zero attached hydrogens (tertiary/aromatic N) is 1. The van der Waals surface area contributed by atoms with Crippen LogP contribution in [-0.2, 0) is 0 Å². The molecule has 72 valence electrons. The number of rotatable bonds is 3. The van der Waals surface area contributed by atoms with Crippen LogP contribution >= 0.6 is 0 Å². The number of nitrogens with two attached hydrogens (primary N) is 1. The molecular formula is C10H17N3. The third kappa shape index (κ3) is 2.70. The maximum Gasteiger partial charge on any atom is 0.0406 e. The fourth-order valence-corrected chi connectivity index (χ4v) is 1.11. The molecule has 0 amide bonds. The highest BCUT2D eigenvalue weighted by Gasteiger charge is 2.02. The SMILES string of the molecule is Cc1cc(NC(C)CN)c(C)cn1. The van der Waals surface area contributed by atoms with Crippen molar-refractivity contribution in [3.63, 3.8) is 0 Å². The lowest BCUT2D eigenvalue weighted by atomic mass is 10.2. The van der Waals surface area contributed by atoms with E-state index in [1.54, 1.807) is 0 Å². The van der Waals surface area contributed by atoms with Gasteiger partial charge in [0.15, 0.2) is 0 Å². The molecule has 0 fully saturated rings. The van der Waals surface area contributed by atoms with Gasteiger partial charge in [0.1, 0.15) is 0 Å². The lowest BCUT2D eigenvalue weighted by molar-refractivity contribution is 0.802. The highest BCUT2D eigenvalue weighted by atomic mass is 14.9. The zero-order chi connectivity index (χ0) is 9.84. The lowest BCUT2D eigenvalue weighted by Gasteiger charge is -2.15. The molecule has 1 atom stereocenters. The van der Waals surface area contributed by atoms with E-state index in [2.05, 4.69) is 17.2 Å². The molecule has 1 aromatic rings. The van der Waals surface area contributed by atoms with E-state index in [-0.39, 0.29) is 0 Å². The summed E-state index contributed by atoms with van der Waals surface area (Å²) in [4.78, 5) is 4.20. The van der Waals surface area contributed by atoms with Gasteiger partial charge in [0.25, 0.3) is 0 Å². The molecule has 0 spiro atoms. The highest BCUT2D eigenvalue weighted by molar-refractivity contribution is 5.50. The fourth-order valence-electron chi connectivity index (χ4n) is 1.11. The molecule has 0 radical (unpaired) electrons. The molecule has 0 bridgehead atoms. The Kier molecular flexibility index (Phi) is 3.25. The molecule has 3 nitrogen and oxygen atoms in total. The molecule has 1 heterocycles. The topological polar surface area (TPSA) is 50.9 Å². The largest absolute Gasteiger partial charge is 0.381 e. The first-order valence-electron chi connectivity index (χ1n) is 4.53.